The first-order chi connectivity index (χ1) is 7.20. The largest absolute Gasteiger partial charge is 0.323 e. The van der Waals surface area contributed by atoms with Crippen LogP contribution >= 0.6 is 0 Å². The highest BCUT2D eigenvalue weighted by atomic mass is 16.1. The zero-order valence-electron chi connectivity index (χ0n) is 8.92. The van der Waals surface area contributed by atoms with Crippen LogP contribution < -0.4 is 11.0 Å². The van der Waals surface area contributed by atoms with E-state index in [1.54, 1.807) is 0 Å². The van der Waals surface area contributed by atoms with Gasteiger partial charge in [-0.1, -0.05) is 13.0 Å². The molecule has 0 fully saturated rings. The van der Waals surface area contributed by atoms with Crippen molar-refractivity contribution in [3.8, 4) is 0 Å². The molecule has 1 atom stereocenters. The number of fused-ring (bicyclic) bond motifs is 1. The highest BCUT2D eigenvalue weighted by Gasteiger charge is 2.06. The van der Waals surface area contributed by atoms with Crippen LogP contribution in [0.25, 0.3) is 11.0 Å². The molecule has 0 radical (unpaired) electrons. The van der Waals surface area contributed by atoms with Gasteiger partial charge in [0, 0.05) is 6.54 Å². The first kappa shape index (κ1) is 9.98. The molecule has 4 heteroatoms. The van der Waals surface area contributed by atoms with E-state index in [9.17, 15) is 4.79 Å². The highest BCUT2D eigenvalue weighted by Crippen LogP contribution is 2.17. The maximum absolute atomic E-state index is 11.1. The summed E-state index contributed by atoms with van der Waals surface area (Å²) in [5.74, 6) is 0.442. The number of rotatable bonds is 3. The van der Waals surface area contributed by atoms with E-state index in [4.69, 9.17) is 0 Å². The average Bonchev–Trinajstić information content (AvgIpc) is 2.57. The molecule has 0 aliphatic rings. The molecule has 0 saturated carbocycles. The molecule has 15 heavy (non-hydrogen) atoms. The van der Waals surface area contributed by atoms with E-state index >= 15 is 0 Å². The third-order valence-electron chi connectivity index (χ3n) is 2.62. The van der Waals surface area contributed by atoms with E-state index in [0.29, 0.717) is 5.92 Å². The number of hydrogen-bond acceptors (Lipinski definition) is 2. The lowest BCUT2D eigenvalue weighted by Crippen LogP contribution is -2.14. The van der Waals surface area contributed by atoms with E-state index in [2.05, 4.69) is 22.2 Å². The van der Waals surface area contributed by atoms with Gasteiger partial charge >= 0.3 is 5.69 Å². The molecule has 1 aromatic carbocycles. The summed E-state index contributed by atoms with van der Waals surface area (Å²) in [4.78, 5) is 16.6. The van der Waals surface area contributed by atoms with Crippen LogP contribution in [-0.4, -0.2) is 23.6 Å². The number of likely N-dealkylation sites (N-methyl/N-ethyl adjacent to an activating group) is 1. The van der Waals surface area contributed by atoms with Gasteiger partial charge in [-0.2, -0.15) is 0 Å². The van der Waals surface area contributed by atoms with Crippen LogP contribution in [0.15, 0.2) is 23.0 Å². The van der Waals surface area contributed by atoms with Crippen LogP contribution in [-0.2, 0) is 0 Å². The van der Waals surface area contributed by atoms with Gasteiger partial charge in [0.1, 0.15) is 0 Å². The van der Waals surface area contributed by atoms with Crippen LogP contribution in [0.4, 0.5) is 0 Å². The van der Waals surface area contributed by atoms with Gasteiger partial charge in [-0.3, -0.25) is 0 Å². The minimum Gasteiger partial charge on any atom is -0.319 e. The summed E-state index contributed by atoms with van der Waals surface area (Å²) in [6.45, 7) is 3.09. The van der Waals surface area contributed by atoms with Crippen molar-refractivity contribution < 1.29 is 0 Å². The summed E-state index contributed by atoms with van der Waals surface area (Å²) in [5, 5.41) is 3.14. The monoisotopic (exact) mass is 205 g/mol. The summed E-state index contributed by atoms with van der Waals surface area (Å²) in [7, 11) is 1.94. The Hall–Kier alpha value is -1.55. The minimum absolute atomic E-state index is 0.150. The Kier molecular flexibility index (Phi) is 2.60. The average molecular weight is 205 g/mol. The normalized spacial score (nSPS) is 13.2. The molecular weight excluding hydrogens is 190 g/mol. The molecule has 3 N–H and O–H groups in total. The molecule has 1 aromatic heterocycles. The second kappa shape index (κ2) is 3.90. The number of imidazole rings is 1. The zero-order chi connectivity index (χ0) is 10.8. The molecule has 1 unspecified atom stereocenters. The van der Waals surface area contributed by atoms with Crippen LogP contribution in [0.3, 0.4) is 0 Å². The van der Waals surface area contributed by atoms with E-state index in [1.807, 2.05) is 25.2 Å². The summed E-state index contributed by atoms with van der Waals surface area (Å²) < 4.78 is 0. The molecule has 0 bridgehead atoms. The van der Waals surface area contributed by atoms with Gasteiger partial charge in [0.05, 0.1) is 11.0 Å². The van der Waals surface area contributed by atoms with Crippen molar-refractivity contribution in [3.05, 3.63) is 34.2 Å². The van der Waals surface area contributed by atoms with Crippen molar-refractivity contribution in [3.63, 3.8) is 0 Å². The third-order valence-corrected chi connectivity index (χ3v) is 2.62. The highest BCUT2D eigenvalue weighted by molar-refractivity contribution is 5.75. The summed E-state index contributed by atoms with van der Waals surface area (Å²) in [5.41, 5.74) is 2.82. The van der Waals surface area contributed by atoms with Crippen molar-refractivity contribution in [1.29, 1.82) is 0 Å². The summed E-state index contributed by atoms with van der Waals surface area (Å²) in [6.07, 6.45) is 0. The second-order valence-corrected chi connectivity index (χ2v) is 3.84. The number of hydrogen-bond donors (Lipinski definition) is 3. The molecule has 0 amide bonds. The van der Waals surface area contributed by atoms with Crippen molar-refractivity contribution in [1.82, 2.24) is 15.3 Å². The van der Waals surface area contributed by atoms with Gasteiger partial charge in [0.25, 0.3) is 0 Å². The van der Waals surface area contributed by atoms with Crippen molar-refractivity contribution in [2.24, 2.45) is 0 Å². The number of nitrogens with one attached hydrogen (secondary N) is 3. The molecule has 0 spiro atoms. The maximum Gasteiger partial charge on any atom is 0.323 e. The van der Waals surface area contributed by atoms with Crippen LogP contribution in [0.5, 0.6) is 0 Å². The van der Waals surface area contributed by atoms with Crippen molar-refractivity contribution in [2.75, 3.05) is 13.6 Å². The quantitative estimate of drug-likeness (QED) is 0.704. The van der Waals surface area contributed by atoms with Crippen molar-refractivity contribution in [2.45, 2.75) is 12.8 Å². The smallest absolute Gasteiger partial charge is 0.319 e. The number of aromatic amines is 2. The fourth-order valence-electron chi connectivity index (χ4n) is 1.78. The Labute approximate surface area is 87.7 Å². The topological polar surface area (TPSA) is 60.7 Å². The van der Waals surface area contributed by atoms with Gasteiger partial charge in [0.2, 0.25) is 0 Å². The lowest BCUT2D eigenvalue weighted by Gasteiger charge is -2.10. The third kappa shape index (κ3) is 1.94. The Morgan fingerprint density at radius 2 is 2.07 bits per heavy atom. The molecule has 0 saturated heterocycles. The molecule has 4 nitrogen and oxygen atoms in total. The van der Waals surface area contributed by atoms with Gasteiger partial charge in [-0.15, -0.1) is 0 Å². The zero-order valence-corrected chi connectivity index (χ0v) is 8.92. The first-order valence-electron chi connectivity index (χ1n) is 5.07. The van der Waals surface area contributed by atoms with Gasteiger partial charge in [-0.25, -0.2) is 4.79 Å². The molecule has 0 aliphatic heterocycles. The Morgan fingerprint density at radius 3 is 2.80 bits per heavy atom. The Balaban J connectivity index is 2.41. The molecule has 80 valence electrons. The molecule has 1 heterocycles. The number of benzene rings is 1. The van der Waals surface area contributed by atoms with Gasteiger partial charge in [0.15, 0.2) is 0 Å². The van der Waals surface area contributed by atoms with E-state index in [1.165, 1.54) is 5.56 Å². The molecule has 2 rings (SSSR count). The first-order valence-corrected chi connectivity index (χ1v) is 5.07. The summed E-state index contributed by atoms with van der Waals surface area (Å²) >= 11 is 0. The molecular formula is C11H15N3O. The number of aromatic nitrogens is 2. The van der Waals surface area contributed by atoms with Crippen LogP contribution in [0.2, 0.25) is 0 Å². The predicted octanol–water partition coefficient (Wildman–Crippen LogP) is 1.18. The van der Waals surface area contributed by atoms with Crippen molar-refractivity contribution >= 4 is 11.0 Å². The standard InChI is InChI=1S/C11H15N3O/c1-7(6-12-2)8-3-4-9-10(5-8)14-11(15)13-9/h3-5,7,12H,6H2,1-2H3,(H2,13,14,15). The minimum atomic E-state index is -0.150. The maximum atomic E-state index is 11.1. The lowest BCUT2D eigenvalue weighted by atomic mass is 10.0. The molecule has 0 aliphatic carbocycles. The van der Waals surface area contributed by atoms with E-state index < -0.39 is 0 Å². The van der Waals surface area contributed by atoms with E-state index in [0.717, 1.165) is 17.6 Å². The van der Waals surface area contributed by atoms with Crippen LogP contribution in [0.1, 0.15) is 18.4 Å². The molecule has 2 aromatic rings. The van der Waals surface area contributed by atoms with E-state index in [-0.39, 0.29) is 5.69 Å². The predicted molar refractivity (Wildman–Crippen MR) is 61.3 cm³/mol. The fraction of sp³-hybridized carbons (Fsp3) is 0.364. The SMILES string of the molecule is CNCC(C)c1ccc2[nH]c(=O)[nH]c2c1. The fourth-order valence-corrected chi connectivity index (χ4v) is 1.78. The van der Waals surface area contributed by atoms with Gasteiger partial charge in [-0.05, 0) is 30.7 Å². The summed E-state index contributed by atoms with van der Waals surface area (Å²) in [6, 6.07) is 6.01. The Bertz CT molecular complexity index is 512. The number of H-pyrrole nitrogens is 2. The van der Waals surface area contributed by atoms with Crippen LogP contribution in [0, 0.1) is 0 Å². The Morgan fingerprint density at radius 1 is 1.33 bits per heavy atom. The lowest BCUT2D eigenvalue weighted by molar-refractivity contribution is 0.678. The van der Waals surface area contributed by atoms with Gasteiger partial charge < -0.3 is 15.3 Å². The second-order valence-electron chi connectivity index (χ2n) is 3.84.